The van der Waals surface area contributed by atoms with Crippen molar-refractivity contribution >= 4 is 29.0 Å². The van der Waals surface area contributed by atoms with Gasteiger partial charge in [-0.05, 0) is 25.1 Å². The number of carbonyl (C=O) groups is 1. The van der Waals surface area contributed by atoms with E-state index < -0.39 is 5.97 Å². The summed E-state index contributed by atoms with van der Waals surface area (Å²) in [6.07, 6.45) is 4.64. The lowest BCUT2D eigenvalue weighted by atomic mass is 10.1. The van der Waals surface area contributed by atoms with Crippen LogP contribution >= 0.6 is 12.2 Å². The van der Waals surface area contributed by atoms with Crippen molar-refractivity contribution in [2.24, 2.45) is 0 Å². The highest BCUT2D eigenvalue weighted by Gasteiger charge is 2.20. The van der Waals surface area contributed by atoms with Gasteiger partial charge in [0.15, 0.2) is 16.6 Å². The first-order valence-corrected chi connectivity index (χ1v) is 7.91. The number of hydrogen-bond donors (Lipinski definition) is 2. The fraction of sp³-hybridized carbons (Fsp3) is 0.500. The van der Waals surface area contributed by atoms with Crippen molar-refractivity contribution in [3.05, 3.63) is 17.7 Å². The number of nitrogens with one attached hydrogen (secondary N) is 2. The highest BCUT2D eigenvalue weighted by atomic mass is 32.1. The van der Waals surface area contributed by atoms with E-state index in [1.807, 2.05) is 0 Å². The van der Waals surface area contributed by atoms with E-state index in [1.165, 1.54) is 34.2 Å². The van der Waals surface area contributed by atoms with E-state index in [-0.39, 0.29) is 0 Å². The molecule has 0 unspecified atom stereocenters. The molecule has 0 heterocycles. The summed E-state index contributed by atoms with van der Waals surface area (Å²) in [4.78, 5) is 12.0. The molecule has 0 aliphatic heterocycles. The van der Waals surface area contributed by atoms with Crippen LogP contribution in [-0.4, -0.2) is 38.5 Å². The topological polar surface area (TPSA) is 68.8 Å². The van der Waals surface area contributed by atoms with Gasteiger partial charge in [0.25, 0.3) is 0 Å². The zero-order chi connectivity index (χ0) is 16.8. The second kappa shape index (κ2) is 8.01. The van der Waals surface area contributed by atoms with Crippen molar-refractivity contribution in [2.75, 3.05) is 26.6 Å². The van der Waals surface area contributed by atoms with E-state index in [2.05, 4.69) is 10.6 Å². The number of esters is 1. The molecule has 1 aliphatic carbocycles. The van der Waals surface area contributed by atoms with E-state index in [4.69, 9.17) is 26.4 Å². The summed E-state index contributed by atoms with van der Waals surface area (Å²) in [6.45, 7) is 0. The van der Waals surface area contributed by atoms with E-state index >= 15 is 0 Å². The van der Waals surface area contributed by atoms with Gasteiger partial charge in [-0.1, -0.05) is 12.8 Å². The summed E-state index contributed by atoms with van der Waals surface area (Å²) in [5, 5.41) is 6.82. The molecule has 0 saturated heterocycles. The Morgan fingerprint density at radius 1 is 1.13 bits per heavy atom. The molecular weight excluding hydrogens is 316 g/mol. The van der Waals surface area contributed by atoms with E-state index in [9.17, 15) is 4.79 Å². The van der Waals surface area contributed by atoms with Crippen LogP contribution in [0.25, 0.3) is 0 Å². The number of hydrogen-bond acceptors (Lipinski definition) is 5. The zero-order valence-corrected chi connectivity index (χ0v) is 14.4. The van der Waals surface area contributed by atoms with Crippen LogP contribution in [0.4, 0.5) is 5.69 Å². The number of rotatable bonds is 5. The molecular formula is C16H22N2O4S. The predicted molar refractivity (Wildman–Crippen MR) is 92.5 cm³/mol. The van der Waals surface area contributed by atoms with Gasteiger partial charge in [0.05, 0.1) is 32.6 Å². The fourth-order valence-corrected chi connectivity index (χ4v) is 2.95. The second-order valence-corrected chi connectivity index (χ2v) is 5.73. The molecule has 2 N–H and O–H groups in total. The Balaban J connectivity index is 2.23. The van der Waals surface area contributed by atoms with Gasteiger partial charge in [0.1, 0.15) is 0 Å². The molecule has 0 spiro atoms. The maximum Gasteiger partial charge on any atom is 0.340 e. The second-order valence-electron chi connectivity index (χ2n) is 5.32. The summed E-state index contributed by atoms with van der Waals surface area (Å²) in [7, 11) is 4.38. The minimum Gasteiger partial charge on any atom is -0.493 e. The largest absolute Gasteiger partial charge is 0.493 e. The molecule has 2 rings (SSSR count). The van der Waals surface area contributed by atoms with E-state index in [0.29, 0.717) is 33.9 Å². The van der Waals surface area contributed by atoms with Gasteiger partial charge in [-0.25, -0.2) is 4.79 Å². The summed E-state index contributed by atoms with van der Waals surface area (Å²) in [6, 6.07) is 3.63. The highest BCUT2D eigenvalue weighted by Crippen LogP contribution is 2.33. The lowest BCUT2D eigenvalue weighted by Gasteiger charge is -2.18. The van der Waals surface area contributed by atoms with Gasteiger partial charge < -0.3 is 24.8 Å². The van der Waals surface area contributed by atoms with Crippen LogP contribution in [0.15, 0.2) is 12.1 Å². The van der Waals surface area contributed by atoms with Crippen LogP contribution in [0.1, 0.15) is 36.0 Å². The number of carbonyl (C=O) groups excluding carboxylic acids is 1. The van der Waals surface area contributed by atoms with Crippen LogP contribution in [0.5, 0.6) is 11.5 Å². The fourth-order valence-electron chi connectivity index (χ4n) is 2.68. The van der Waals surface area contributed by atoms with E-state index in [0.717, 1.165) is 12.8 Å². The zero-order valence-electron chi connectivity index (χ0n) is 13.6. The number of benzene rings is 1. The molecule has 0 radical (unpaired) electrons. The third kappa shape index (κ3) is 4.25. The smallest absolute Gasteiger partial charge is 0.340 e. The van der Waals surface area contributed by atoms with Crippen molar-refractivity contribution in [1.82, 2.24) is 5.32 Å². The molecule has 126 valence electrons. The molecule has 7 heteroatoms. The van der Waals surface area contributed by atoms with Crippen LogP contribution < -0.4 is 20.1 Å². The summed E-state index contributed by atoms with van der Waals surface area (Å²) >= 11 is 5.35. The number of ether oxygens (including phenoxy) is 3. The Labute approximate surface area is 141 Å². The Morgan fingerprint density at radius 2 is 1.74 bits per heavy atom. The van der Waals surface area contributed by atoms with Crippen molar-refractivity contribution < 1.29 is 19.0 Å². The Morgan fingerprint density at radius 3 is 2.30 bits per heavy atom. The van der Waals surface area contributed by atoms with Gasteiger partial charge in [-0.2, -0.15) is 0 Å². The maximum atomic E-state index is 12.0. The summed E-state index contributed by atoms with van der Waals surface area (Å²) < 4.78 is 15.3. The molecule has 0 aromatic heterocycles. The number of methoxy groups -OCH3 is 3. The molecule has 1 aromatic rings. The lowest BCUT2D eigenvalue weighted by molar-refractivity contribution is 0.0601. The first kappa shape index (κ1) is 17.3. The summed E-state index contributed by atoms with van der Waals surface area (Å²) in [5.74, 6) is 0.483. The molecule has 0 amide bonds. The standard InChI is InChI=1S/C16H22N2O4S/c1-20-13-8-11(15(19)22-3)12(9-14(13)21-2)18-16(23)17-10-6-4-5-7-10/h8-10H,4-7H2,1-3H3,(H2,17,18,23). The minimum atomic E-state index is -0.475. The van der Waals surface area contributed by atoms with Crippen molar-refractivity contribution in [1.29, 1.82) is 0 Å². The van der Waals surface area contributed by atoms with Crippen molar-refractivity contribution in [3.63, 3.8) is 0 Å². The SMILES string of the molecule is COC(=O)c1cc(OC)c(OC)cc1NC(=S)NC1CCCC1. The average molecular weight is 338 g/mol. The van der Waals surface area contributed by atoms with Gasteiger partial charge in [0, 0.05) is 18.2 Å². The first-order chi connectivity index (χ1) is 11.1. The average Bonchev–Trinajstić information content (AvgIpc) is 3.06. The molecule has 1 saturated carbocycles. The van der Waals surface area contributed by atoms with Crippen molar-refractivity contribution in [3.8, 4) is 11.5 Å². The number of thiocarbonyl (C=S) groups is 1. The summed E-state index contributed by atoms with van der Waals surface area (Å²) in [5.41, 5.74) is 0.853. The first-order valence-electron chi connectivity index (χ1n) is 7.51. The van der Waals surface area contributed by atoms with Gasteiger partial charge in [-0.15, -0.1) is 0 Å². The maximum absolute atomic E-state index is 12.0. The lowest BCUT2D eigenvalue weighted by Crippen LogP contribution is -2.36. The molecule has 23 heavy (non-hydrogen) atoms. The molecule has 6 nitrogen and oxygen atoms in total. The normalized spacial score (nSPS) is 14.2. The molecule has 0 bridgehead atoms. The third-order valence-corrected chi connectivity index (χ3v) is 4.09. The van der Waals surface area contributed by atoms with Gasteiger partial charge in [0.2, 0.25) is 0 Å². The Hall–Kier alpha value is -2.02. The highest BCUT2D eigenvalue weighted by molar-refractivity contribution is 7.80. The minimum absolute atomic E-state index is 0.334. The van der Waals surface area contributed by atoms with Crippen LogP contribution in [0.3, 0.4) is 0 Å². The van der Waals surface area contributed by atoms with Crippen LogP contribution in [-0.2, 0) is 4.74 Å². The molecule has 0 atom stereocenters. The Bertz CT molecular complexity index is 586. The van der Waals surface area contributed by atoms with Crippen LogP contribution in [0, 0.1) is 0 Å². The van der Waals surface area contributed by atoms with Crippen molar-refractivity contribution in [2.45, 2.75) is 31.7 Å². The quantitative estimate of drug-likeness (QED) is 0.632. The monoisotopic (exact) mass is 338 g/mol. The molecule has 1 aromatic carbocycles. The molecule has 1 fully saturated rings. The third-order valence-electron chi connectivity index (χ3n) is 3.87. The van der Waals surface area contributed by atoms with Gasteiger partial charge in [-0.3, -0.25) is 0 Å². The Kier molecular flexibility index (Phi) is 6.04. The molecule has 1 aliphatic rings. The van der Waals surface area contributed by atoms with Crippen LogP contribution in [0.2, 0.25) is 0 Å². The predicted octanol–water partition coefficient (Wildman–Crippen LogP) is 2.72. The van der Waals surface area contributed by atoms with E-state index in [1.54, 1.807) is 12.1 Å². The number of anilines is 1. The van der Waals surface area contributed by atoms with Gasteiger partial charge >= 0.3 is 5.97 Å².